The summed E-state index contributed by atoms with van der Waals surface area (Å²) in [4.78, 5) is 11.3. The van der Waals surface area contributed by atoms with Crippen molar-refractivity contribution in [2.24, 2.45) is 0 Å². The summed E-state index contributed by atoms with van der Waals surface area (Å²) < 4.78 is 5.39. The molecule has 0 saturated heterocycles. The van der Waals surface area contributed by atoms with Crippen molar-refractivity contribution in [2.45, 2.75) is 58.0 Å². The standard InChI is InChI=1S/C12H20O2/c1-2-8-12(13)14-11-9-6-4-3-5-7-10-11/h3-4,11H,2,5-10H2,1H3/b4-3-. The first-order valence-corrected chi connectivity index (χ1v) is 5.67. The second-order valence-corrected chi connectivity index (χ2v) is 3.84. The number of hydrogen-bond donors (Lipinski definition) is 0. The summed E-state index contributed by atoms with van der Waals surface area (Å²) >= 11 is 0. The molecule has 0 aromatic carbocycles. The molecule has 0 aromatic rings. The zero-order chi connectivity index (χ0) is 10.2. The normalized spacial score (nSPS) is 24.8. The minimum Gasteiger partial charge on any atom is -0.462 e. The highest BCUT2D eigenvalue weighted by atomic mass is 16.5. The van der Waals surface area contributed by atoms with Crippen LogP contribution in [0.15, 0.2) is 12.2 Å². The molecule has 1 aliphatic rings. The smallest absolute Gasteiger partial charge is 0.306 e. The van der Waals surface area contributed by atoms with Gasteiger partial charge < -0.3 is 4.74 Å². The number of ether oxygens (including phenoxy) is 1. The number of hydrogen-bond acceptors (Lipinski definition) is 2. The van der Waals surface area contributed by atoms with E-state index in [4.69, 9.17) is 4.74 Å². The monoisotopic (exact) mass is 196 g/mol. The van der Waals surface area contributed by atoms with Gasteiger partial charge in [0, 0.05) is 6.42 Å². The van der Waals surface area contributed by atoms with Crippen molar-refractivity contribution in [3.05, 3.63) is 12.2 Å². The van der Waals surface area contributed by atoms with Gasteiger partial charge in [-0.05, 0) is 38.5 Å². The van der Waals surface area contributed by atoms with Crippen molar-refractivity contribution in [1.29, 1.82) is 0 Å². The molecule has 0 radical (unpaired) electrons. The maximum Gasteiger partial charge on any atom is 0.306 e. The predicted octanol–water partition coefficient (Wildman–Crippen LogP) is 3.22. The van der Waals surface area contributed by atoms with E-state index in [2.05, 4.69) is 12.2 Å². The highest BCUT2D eigenvalue weighted by molar-refractivity contribution is 5.69. The summed E-state index contributed by atoms with van der Waals surface area (Å²) in [5.41, 5.74) is 0. The lowest BCUT2D eigenvalue weighted by Crippen LogP contribution is -2.18. The lowest BCUT2D eigenvalue weighted by atomic mass is 10.0. The van der Waals surface area contributed by atoms with Crippen molar-refractivity contribution >= 4 is 5.97 Å². The summed E-state index contributed by atoms with van der Waals surface area (Å²) in [5, 5.41) is 0. The number of esters is 1. The van der Waals surface area contributed by atoms with Gasteiger partial charge in [0.15, 0.2) is 0 Å². The minimum atomic E-state index is -0.0259. The molecule has 1 rings (SSSR count). The van der Waals surface area contributed by atoms with Crippen LogP contribution in [0.1, 0.15) is 51.9 Å². The molecule has 2 nitrogen and oxygen atoms in total. The lowest BCUT2D eigenvalue weighted by Gasteiger charge is -2.18. The first-order valence-electron chi connectivity index (χ1n) is 5.67. The van der Waals surface area contributed by atoms with Gasteiger partial charge in [0.05, 0.1) is 0 Å². The molecule has 0 N–H and O–H groups in total. The number of rotatable bonds is 3. The zero-order valence-electron chi connectivity index (χ0n) is 9.00. The Morgan fingerprint density at radius 2 is 2.14 bits per heavy atom. The van der Waals surface area contributed by atoms with Crippen LogP contribution >= 0.6 is 0 Å². The van der Waals surface area contributed by atoms with Crippen LogP contribution in [-0.4, -0.2) is 12.1 Å². The fourth-order valence-corrected chi connectivity index (χ4v) is 1.69. The minimum absolute atomic E-state index is 0.0259. The van der Waals surface area contributed by atoms with E-state index < -0.39 is 0 Å². The number of carbonyl (C=O) groups is 1. The quantitative estimate of drug-likeness (QED) is 0.511. The second kappa shape index (κ2) is 6.63. The topological polar surface area (TPSA) is 26.3 Å². The Bertz CT molecular complexity index is 196. The Hall–Kier alpha value is -0.790. The van der Waals surface area contributed by atoms with Gasteiger partial charge in [-0.3, -0.25) is 4.79 Å². The van der Waals surface area contributed by atoms with Gasteiger partial charge in [-0.25, -0.2) is 0 Å². The van der Waals surface area contributed by atoms with Crippen molar-refractivity contribution in [3.8, 4) is 0 Å². The van der Waals surface area contributed by atoms with Crippen LogP contribution in [0.2, 0.25) is 0 Å². The van der Waals surface area contributed by atoms with E-state index in [1.807, 2.05) is 6.92 Å². The predicted molar refractivity (Wildman–Crippen MR) is 57.0 cm³/mol. The molecule has 0 heterocycles. The van der Waals surface area contributed by atoms with E-state index in [-0.39, 0.29) is 12.1 Å². The Labute approximate surface area is 86.3 Å². The third kappa shape index (κ3) is 4.45. The molecule has 1 aliphatic carbocycles. The molecule has 1 atom stereocenters. The largest absolute Gasteiger partial charge is 0.462 e. The molecule has 0 bridgehead atoms. The van der Waals surface area contributed by atoms with E-state index in [9.17, 15) is 4.79 Å². The van der Waals surface area contributed by atoms with Crippen LogP contribution in [0, 0.1) is 0 Å². The van der Waals surface area contributed by atoms with Crippen molar-refractivity contribution in [3.63, 3.8) is 0 Å². The van der Waals surface area contributed by atoms with Crippen LogP contribution in [0.5, 0.6) is 0 Å². The lowest BCUT2D eigenvalue weighted by molar-refractivity contribution is -0.149. The molecule has 0 aliphatic heterocycles. The van der Waals surface area contributed by atoms with Crippen molar-refractivity contribution in [2.75, 3.05) is 0 Å². The Morgan fingerprint density at radius 3 is 2.93 bits per heavy atom. The van der Waals surface area contributed by atoms with Gasteiger partial charge in [-0.15, -0.1) is 0 Å². The highest BCUT2D eigenvalue weighted by Gasteiger charge is 2.13. The summed E-state index contributed by atoms with van der Waals surface area (Å²) in [7, 11) is 0. The summed E-state index contributed by atoms with van der Waals surface area (Å²) in [5.74, 6) is -0.0259. The average Bonchev–Trinajstić information content (AvgIpc) is 2.10. The highest BCUT2D eigenvalue weighted by Crippen LogP contribution is 2.16. The molecule has 0 spiro atoms. The van der Waals surface area contributed by atoms with Gasteiger partial charge in [-0.2, -0.15) is 0 Å². The van der Waals surface area contributed by atoms with Gasteiger partial charge in [0.1, 0.15) is 6.10 Å². The zero-order valence-corrected chi connectivity index (χ0v) is 9.00. The Kier molecular flexibility index (Phi) is 5.35. The van der Waals surface area contributed by atoms with E-state index in [1.54, 1.807) is 0 Å². The van der Waals surface area contributed by atoms with Gasteiger partial charge in [-0.1, -0.05) is 19.1 Å². The van der Waals surface area contributed by atoms with Crippen molar-refractivity contribution < 1.29 is 9.53 Å². The van der Waals surface area contributed by atoms with Crippen LogP contribution < -0.4 is 0 Å². The fourth-order valence-electron chi connectivity index (χ4n) is 1.69. The van der Waals surface area contributed by atoms with Gasteiger partial charge in [0.2, 0.25) is 0 Å². The van der Waals surface area contributed by atoms with E-state index in [1.165, 1.54) is 0 Å². The van der Waals surface area contributed by atoms with Gasteiger partial charge in [0.25, 0.3) is 0 Å². The number of allylic oxidation sites excluding steroid dienone is 2. The molecule has 2 heteroatoms. The Morgan fingerprint density at radius 1 is 1.36 bits per heavy atom. The molecule has 0 fully saturated rings. The second-order valence-electron chi connectivity index (χ2n) is 3.84. The fraction of sp³-hybridized carbons (Fsp3) is 0.750. The molecule has 14 heavy (non-hydrogen) atoms. The van der Waals surface area contributed by atoms with Crippen LogP contribution in [0.4, 0.5) is 0 Å². The summed E-state index contributed by atoms with van der Waals surface area (Å²) in [6, 6.07) is 0. The molecule has 0 amide bonds. The van der Waals surface area contributed by atoms with Gasteiger partial charge >= 0.3 is 5.97 Å². The van der Waals surface area contributed by atoms with Crippen molar-refractivity contribution in [1.82, 2.24) is 0 Å². The Balaban J connectivity index is 2.27. The summed E-state index contributed by atoms with van der Waals surface area (Å²) in [6.07, 6.45) is 11.4. The van der Waals surface area contributed by atoms with E-state index >= 15 is 0 Å². The van der Waals surface area contributed by atoms with Crippen LogP contribution in [0.3, 0.4) is 0 Å². The van der Waals surface area contributed by atoms with Crippen LogP contribution in [0.25, 0.3) is 0 Å². The molecule has 0 saturated carbocycles. The third-order valence-corrected chi connectivity index (χ3v) is 2.47. The molecular formula is C12H20O2. The molecule has 0 aromatic heterocycles. The molecule has 1 unspecified atom stereocenters. The summed E-state index contributed by atoms with van der Waals surface area (Å²) in [6.45, 7) is 2.00. The van der Waals surface area contributed by atoms with E-state index in [0.717, 1.165) is 38.5 Å². The third-order valence-electron chi connectivity index (χ3n) is 2.47. The maximum atomic E-state index is 11.3. The first kappa shape index (κ1) is 11.3. The average molecular weight is 196 g/mol. The maximum absolute atomic E-state index is 11.3. The van der Waals surface area contributed by atoms with Crippen LogP contribution in [-0.2, 0) is 9.53 Å². The molecule has 80 valence electrons. The first-order chi connectivity index (χ1) is 6.83. The number of carbonyl (C=O) groups excluding carboxylic acids is 1. The molecular weight excluding hydrogens is 176 g/mol. The van der Waals surface area contributed by atoms with E-state index in [0.29, 0.717) is 6.42 Å². The SMILES string of the molecule is CCCC(=O)OC1CC/C=C\CCC1.